The van der Waals surface area contributed by atoms with Crippen LogP contribution in [-0.4, -0.2) is 29.9 Å². The van der Waals surface area contributed by atoms with Gasteiger partial charge in [-0.3, -0.25) is 0 Å². The fourth-order valence-corrected chi connectivity index (χ4v) is 2.49. The second-order valence-corrected chi connectivity index (χ2v) is 5.11. The highest BCUT2D eigenvalue weighted by Gasteiger charge is 2.30. The molecule has 2 rings (SSSR count). The van der Waals surface area contributed by atoms with Gasteiger partial charge in [0.2, 0.25) is 5.90 Å². The molecule has 0 bridgehead atoms. The number of esters is 1. The quantitative estimate of drug-likeness (QED) is 0.792. The third kappa shape index (κ3) is 2.48. The zero-order valence-electron chi connectivity index (χ0n) is 9.57. The van der Waals surface area contributed by atoms with Crippen LogP contribution in [0.1, 0.15) is 22.8 Å². The van der Waals surface area contributed by atoms with Crippen LogP contribution < -0.4 is 0 Å². The topological polar surface area (TPSA) is 38.7 Å². The van der Waals surface area contributed by atoms with Crippen molar-refractivity contribution >= 4 is 35.2 Å². The Balaban J connectivity index is 2.37. The maximum Gasteiger partial charge on any atom is 0.347 e. The van der Waals surface area contributed by atoms with Crippen LogP contribution in [-0.2, 0) is 4.74 Å². The zero-order valence-corrected chi connectivity index (χ0v) is 11.1. The van der Waals surface area contributed by atoms with Gasteiger partial charge >= 0.3 is 5.97 Å². The normalized spacial score (nSPS) is 18.1. The van der Waals surface area contributed by atoms with Crippen LogP contribution in [0.2, 0.25) is 5.02 Å². The first-order valence-corrected chi connectivity index (χ1v) is 6.98. The van der Waals surface area contributed by atoms with Crippen LogP contribution in [0.15, 0.2) is 23.2 Å². The van der Waals surface area contributed by atoms with Crippen LogP contribution in [0.5, 0.6) is 0 Å². The van der Waals surface area contributed by atoms with E-state index >= 15 is 0 Å². The summed E-state index contributed by atoms with van der Waals surface area (Å²) >= 11 is 7.67. The summed E-state index contributed by atoms with van der Waals surface area (Å²) in [6, 6.07) is 5.38. The molecule has 0 aliphatic carbocycles. The van der Waals surface area contributed by atoms with E-state index in [0.717, 1.165) is 5.75 Å². The summed E-state index contributed by atoms with van der Waals surface area (Å²) in [4.78, 5) is 16.0. The summed E-state index contributed by atoms with van der Waals surface area (Å²) in [5.74, 6) is 0.853. The van der Waals surface area contributed by atoms with Gasteiger partial charge in [-0.2, -0.15) is 11.8 Å². The number of halogens is 1. The second-order valence-electron chi connectivity index (χ2n) is 3.79. The molecule has 3 nitrogen and oxygen atoms in total. The number of ether oxygens (including phenoxy) is 1. The maximum atomic E-state index is 11.6. The van der Waals surface area contributed by atoms with E-state index in [9.17, 15) is 4.79 Å². The van der Waals surface area contributed by atoms with Crippen molar-refractivity contribution in [2.75, 3.05) is 12.0 Å². The van der Waals surface area contributed by atoms with Crippen molar-refractivity contribution < 1.29 is 9.53 Å². The lowest BCUT2D eigenvalue weighted by molar-refractivity contribution is 0.0736. The number of aliphatic imine (C=N–C) groups is 1. The molecule has 0 unspecified atom stereocenters. The van der Waals surface area contributed by atoms with E-state index in [4.69, 9.17) is 16.3 Å². The first-order chi connectivity index (χ1) is 8.13. The number of benzene rings is 1. The van der Waals surface area contributed by atoms with Crippen molar-refractivity contribution in [2.24, 2.45) is 4.99 Å². The molecule has 1 aromatic carbocycles. The summed E-state index contributed by atoms with van der Waals surface area (Å²) in [7, 11) is 0. The van der Waals surface area contributed by atoms with Gasteiger partial charge in [-0.15, -0.1) is 0 Å². The number of carbonyl (C=O) groups excluding carboxylic acids is 1. The Morgan fingerprint density at radius 2 is 2.29 bits per heavy atom. The third-order valence-electron chi connectivity index (χ3n) is 2.38. The van der Waals surface area contributed by atoms with Gasteiger partial charge in [0.05, 0.1) is 22.2 Å². The van der Waals surface area contributed by atoms with Gasteiger partial charge < -0.3 is 4.74 Å². The fourth-order valence-electron chi connectivity index (χ4n) is 1.68. The lowest BCUT2D eigenvalue weighted by atomic mass is 10.1. The summed E-state index contributed by atoms with van der Waals surface area (Å²) in [5, 5.41) is 0.412. The van der Waals surface area contributed by atoms with Crippen molar-refractivity contribution in [3.8, 4) is 0 Å². The van der Waals surface area contributed by atoms with E-state index in [0.29, 0.717) is 22.0 Å². The molecule has 17 heavy (non-hydrogen) atoms. The number of hydrogen-bond donors (Lipinski definition) is 0. The molecular formula is C12H12ClNO2S. The average Bonchev–Trinajstić information content (AvgIpc) is 2.57. The molecule has 0 aromatic heterocycles. The van der Waals surface area contributed by atoms with Crippen LogP contribution in [0.25, 0.3) is 0 Å². The van der Waals surface area contributed by atoms with Crippen LogP contribution in [0, 0.1) is 0 Å². The van der Waals surface area contributed by atoms with Gasteiger partial charge in [0.25, 0.3) is 0 Å². The minimum Gasteiger partial charge on any atom is -0.403 e. The largest absolute Gasteiger partial charge is 0.403 e. The van der Waals surface area contributed by atoms with E-state index < -0.39 is 5.97 Å². The van der Waals surface area contributed by atoms with Gasteiger partial charge in [-0.1, -0.05) is 17.7 Å². The number of rotatable bonds is 3. The molecular weight excluding hydrogens is 258 g/mol. The highest BCUT2D eigenvalue weighted by atomic mass is 35.5. The van der Waals surface area contributed by atoms with Crippen molar-refractivity contribution in [1.82, 2.24) is 0 Å². The lowest BCUT2D eigenvalue weighted by Crippen LogP contribution is -2.09. The monoisotopic (exact) mass is 269 g/mol. The highest BCUT2D eigenvalue weighted by Crippen LogP contribution is 2.27. The number of nitrogens with zero attached hydrogens (tertiary/aromatic N) is 1. The molecule has 1 aliphatic heterocycles. The summed E-state index contributed by atoms with van der Waals surface area (Å²) in [6.07, 6.45) is 2.02. The molecule has 0 radical (unpaired) electrons. The molecule has 5 heteroatoms. The van der Waals surface area contributed by atoms with E-state index in [1.54, 1.807) is 30.0 Å². The molecule has 0 fully saturated rings. The number of cyclic esters (lactones) is 1. The minimum absolute atomic E-state index is 0.109. The van der Waals surface area contributed by atoms with E-state index in [-0.39, 0.29) is 6.04 Å². The fraction of sp³-hybridized carbons (Fsp3) is 0.333. The molecule has 0 amide bonds. The second kappa shape index (κ2) is 5.10. The predicted molar refractivity (Wildman–Crippen MR) is 71.2 cm³/mol. The third-order valence-corrected chi connectivity index (χ3v) is 3.51. The van der Waals surface area contributed by atoms with Gasteiger partial charge in [-0.25, -0.2) is 9.79 Å². The molecule has 0 saturated carbocycles. The smallest absolute Gasteiger partial charge is 0.347 e. The van der Waals surface area contributed by atoms with E-state index in [2.05, 4.69) is 4.99 Å². The number of carbonyl (C=O) groups is 1. The Hall–Kier alpha value is -1.00. The van der Waals surface area contributed by atoms with Gasteiger partial charge in [0, 0.05) is 5.75 Å². The Bertz CT molecular complexity index is 487. The number of thioether (sulfide) groups is 1. The summed E-state index contributed by atoms with van der Waals surface area (Å²) in [5.41, 5.74) is 1.11. The van der Waals surface area contributed by atoms with Crippen molar-refractivity contribution in [3.05, 3.63) is 34.3 Å². The van der Waals surface area contributed by atoms with Gasteiger partial charge in [0.1, 0.15) is 0 Å². The Labute approximate surface area is 109 Å². The van der Waals surface area contributed by atoms with E-state index in [1.807, 2.05) is 13.2 Å². The molecule has 90 valence electrons. The number of hydrogen-bond acceptors (Lipinski definition) is 4. The molecule has 0 N–H and O–H groups in total. The van der Waals surface area contributed by atoms with Crippen molar-refractivity contribution in [2.45, 2.75) is 13.0 Å². The highest BCUT2D eigenvalue weighted by molar-refractivity contribution is 7.98. The van der Waals surface area contributed by atoms with Crippen molar-refractivity contribution in [3.63, 3.8) is 0 Å². The van der Waals surface area contributed by atoms with E-state index in [1.165, 1.54) is 0 Å². The predicted octanol–water partition coefficient (Wildman–Crippen LogP) is 3.01. The summed E-state index contributed by atoms with van der Waals surface area (Å²) < 4.78 is 5.15. The van der Waals surface area contributed by atoms with Crippen LogP contribution >= 0.6 is 23.4 Å². The molecule has 1 aliphatic rings. The molecule has 0 saturated heterocycles. The molecule has 1 heterocycles. The van der Waals surface area contributed by atoms with Crippen LogP contribution in [0.3, 0.4) is 0 Å². The van der Waals surface area contributed by atoms with Gasteiger partial charge in [-0.05, 0) is 25.3 Å². The van der Waals surface area contributed by atoms with Crippen molar-refractivity contribution in [1.29, 1.82) is 0 Å². The number of fused-ring (bicyclic) bond motifs is 1. The molecule has 1 aromatic rings. The van der Waals surface area contributed by atoms with Crippen LogP contribution in [0.4, 0.5) is 0 Å². The summed E-state index contributed by atoms with van der Waals surface area (Å²) in [6.45, 7) is 1.99. The van der Waals surface area contributed by atoms with Gasteiger partial charge in [0.15, 0.2) is 0 Å². The first-order valence-electron chi connectivity index (χ1n) is 5.21. The molecule has 0 spiro atoms. The standard InChI is InChI=1S/C12H12ClNO2S/c1-7(6-17-2)14-11-8-4-3-5-9(13)10(8)12(15)16-11/h3-5,7H,6H2,1-2H3/t7-/m0/s1. The molecule has 1 atom stereocenters. The SMILES string of the molecule is CSC[C@H](C)N=C1OC(=O)c2c(Cl)cccc21. The Morgan fingerprint density at radius 3 is 3.00 bits per heavy atom. The Kier molecular flexibility index (Phi) is 3.74. The zero-order chi connectivity index (χ0) is 12.4. The minimum atomic E-state index is -0.416. The lowest BCUT2D eigenvalue weighted by Gasteiger charge is -2.04. The average molecular weight is 270 g/mol. The maximum absolute atomic E-state index is 11.6. The Morgan fingerprint density at radius 1 is 1.53 bits per heavy atom. The first kappa shape index (κ1) is 12.5.